The van der Waals surface area contributed by atoms with Gasteiger partial charge in [0.2, 0.25) is 0 Å². The molecule has 2 N–H and O–H groups in total. The van der Waals surface area contributed by atoms with E-state index in [9.17, 15) is 0 Å². The van der Waals surface area contributed by atoms with E-state index in [1.54, 1.807) is 22.7 Å². The predicted octanol–water partition coefficient (Wildman–Crippen LogP) is 3.59. The number of guanidine groups is 1. The molecule has 0 radical (unpaired) electrons. The van der Waals surface area contributed by atoms with Crippen molar-refractivity contribution in [2.75, 3.05) is 13.6 Å². The van der Waals surface area contributed by atoms with Gasteiger partial charge in [-0.3, -0.25) is 4.99 Å². The summed E-state index contributed by atoms with van der Waals surface area (Å²) in [5, 5.41) is 11.0. The molecule has 0 saturated carbocycles. The Morgan fingerprint density at radius 2 is 2.10 bits per heavy atom. The van der Waals surface area contributed by atoms with Gasteiger partial charge in [0, 0.05) is 29.3 Å². The lowest BCUT2D eigenvalue weighted by Gasteiger charge is -2.15. The van der Waals surface area contributed by atoms with Gasteiger partial charge in [-0.05, 0) is 35.4 Å². The Hall–Kier alpha value is -1.33. The van der Waals surface area contributed by atoms with Crippen LogP contribution >= 0.6 is 22.7 Å². The minimum Gasteiger partial charge on any atom is -0.356 e. The molecule has 3 nitrogen and oxygen atoms in total. The fourth-order valence-electron chi connectivity index (χ4n) is 1.89. The highest BCUT2D eigenvalue weighted by atomic mass is 32.1. The molecular weight excluding hydrogens is 286 g/mol. The topological polar surface area (TPSA) is 36.4 Å². The van der Waals surface area contributed by atoms with Gasteiger partial charge in [0.1, 0.15) is 0 Å². The number of rotatable bonds is 5. The monoisotopic (exact) mass is 307 g/mol. The van der Waals surface area contributed by atoms with Gasteiger partial charge in [-0.1, -0.05) is 13.0 Å². The maximum atomic E-state index is 4.27. The molecule has 1 unspecified atom stereocenters. The molecular formula is C15H21N3S2. The quantitative estimate of drug-likeness (QED) is 0.654. The SMILES string of the molecule is CN=C(NCc1sccc1C)NCC(C)c1cccs1. The van der Waals surface area contributed by atoms with E-state index in [4.69, 9.17) is 0 Å². The normalized spacial score (nSPS) is 13.2. The van der Waals surface area contributed by atoms with Crippen molar-refractivity contribution in [2.45, 2.75) is 26.3 Å². The second kappa shape index (κ2) is 7.45. The Bertz CT molecular complexity index is 543. The zero-order chi connectivity index (χ0) is 14.4. The Morgan fingerprint density at radius 3 is 2.70 bits per heavy atom. The summed E-state index contributed by atoms with van der Waals surface area (Å²) in [6.07, 6.45) is 0. The maximum absolute atomic E-state index is 4.27. The van der Waals surface area contributed by atoms with Crippen molar-refractivity contribution < 1.29 is 0 Å². The van der Waals surface area contributed by atoms with Crippen LogP contribution in [0.3, 0.4) is 0 Å². The van der Waals surface area contributed by atoms with Crippen LogP contribution < -0.4 is 10.6 Å². The molecule has 5 heteroatoms. The van der Waals surface area contributed by atoms with E-state index in [0.717, 1.165) is 19.0 Å². The maximum Gasteiger partial charge on any atom is 0.191 e. The van der Waals surface area contributed by atoms with Crippen molar-refractivity contribution in [1.82, 2.24) is 10.6 Å². The first-order chi connectivity index (χ1) is 9.70. The van der Waals surface area contributed by atoms with Crippen LogP contribution in [0.2, 0.25) is 0 Å². The molecule has 2 aromatic rings. The number of nitrogens with one attached hydrogen (secondary N) is 2. The highest BCUT2D eigenvalue weighted by molar-refractivity contribution is 7.10. The zero-order valence-corrected chi connectivity index (χ0v) is 13.8. The molecule has 1 atom stereocenters. The van der Waals surface area contributed by atoms with Crippen molar-refractivity contribution >= 4 is 28.6 Å². The molecule has 2 aromatic heterocycles. The number of thiophene rings is 2. The molecule has 0 bridgehead atoms. The van der Waals surface area contributed by atoms with Crippen LogP contribution in [-0.4, -0.2) is 19.6 Å². The van der Waals surface area contributed by atoms with Gasteiger partial charge >= 0.3 is 0 Å². The number of aliphatic imine (C=N–C) groups is 1. The number of nitrogens with zero attached hydrogens (tertiary/aromatic N) is 1. The van der Waals surface area contributed by atoms with Crippen LogP contribution in [0.25, 0.3) is 0 Å². The summed E-state index contributed by atoms with van der Waals surface area (Å²) in [6, 6.07) is 6.43. The number of hydrogen-bond acceptors (Lipinski definition) is 3. The molecule has 0 aliphatic carbocycles. The van der Waals surface area contributed by atoms with Gasteiger partial charge in [-0.2, -0.15) is 0 Å². The first-order valence-electron chi connectivity index (χ1n) is 6.71. The summed E-state index contributed by atoms with van der Waals surface area (Å²) in [5.41, 5.74) is 1.34. The Balaban J connectivity index is 1.80. The largest absolute Gasteiger partial charge is 0.356 e. The van der Waals surface area contributed by atoms with Crippen molar-refractivity contribution in [2.24, 2.45) is 4.99 Å². The van der Waals surface area contributed by atoms with Crippen molar-refractivity contribution in [3.05, 3.63) is 44.3 Å². The van der Waals surface area contributed by atoms with Crippen molar-refractivity contribution in [1.29, 1.82) is 0 Å². The second-order valence-electron chi connectivity index (χ2n) is 4.75. The standard InChI is InChI=1S/C15H21N3S2/c1-11-6-8-20-14(11)10-18-15(16-3)17-9-12(2)13-5-4-7-19-13/h4-8,12H,9-10H2,1-3H3,(H2,16,17,18). The zero-order valence-electron chi connectivity index (χ0n) is 12.1. The first-order valence-corrected chi connectivity index (χ1v) is 8.47. The summed E-state index contributed by atoms with van der Waals surface area (Å²) in [5.74, 6) is 1.36. The number of hydrogen-bond donors (Lipinski definition) is 2. The third-order valence-corrected chi connectivity index (χ3v) is 5.34. The van der Waals surface area contributed by atoms with Crippen LogP contribution in [0, 0.1) is 6.92 Å². The lowest BCUT2D eigenvalue weighted by molar-refractivity contribution is 0.709. The highest BCUT2D eigenvalue weighted by Gasteiger charge is 2.08. The van der Waals surface area contributed by atoms with Gasteiger partial charge in [0.25, 0.3) is 0 Å². The third kappa shape index (κ3) is 4.08. The summed E-state index contributed by atoms with van der Waals surface area (Å²) < 4.78 is 0. The van der Waals surface area contributed by atoms with Crippen LogP contribution in [0.4, 0.5) is 0 Å². The molecule has 0 aliphatic heterocycles. The molecule has 2 heterocycles. The average Bonchev–Trinajstić information content (AvgIpc) is 3.10. The Morgan fingerprint density at radius 1 is 1.25 bits per heavy atom. The van der Waals surface area contributed by atoms with E-state index < -0.39 is 0 Å². The second-order valence-corrected chi connectivity index (χ2v) is 6.73. The van der Waals surface area contributed by atoms with Gasteiger partial charge in [-0.15, -0.1) is 22.7 Å². The lowest BCUT2D eigenvalue weighted by Crippen LogP contribution is -2.38. The minimum absolute atomic E-state index is 0.497. The molecule has 0 amide bonds. The summed E-state index contributed by atoms with van der Waals surface area (Å²) in [7, 11) is 1.81. The molecule has 0 aromatic carbocycles. The Labute approximate surface area is 128 Å². The van der Waals surface area contributed by atoms with Crippen LogP contribution in [-0.2, 0) is 6.54 Å². The first kappa shape index (κ1) is 15.1. The van der Waals surface area contributed by atoms with Gasteiger partial charge in [0.15, 0.2) is 5.96 Å². The molecule has 2 rings (SSSR count). The van der Waals surface area contributed by atoms with Crippen molar-refractivity contribution in [3.63, 3.8) is 0 Å². The lowest BCUT2D eigenvalue weighted by atomic mass is 10.1. The molecule has 0 spiro atoms. The number of aryl methyl sites for hydroxylation is 1. The van der Waals surface area contributed by atoms with Gasteiger partial charge in [-0.25, -0.2) is 0 Å². The Kier molecular flexibility index (Phi) is 5.61. The van der Waals surface area contributed by atoms with Crippen LogP contribution in [0.5, 0.6) is 0 Å². The van der Waals surface area contributed by atoms with E-state index in [0.29, 0.717) is 5.92 Å². The molecule has 108 valence electrons. The van der Waals surface area contributed by atoms with E-state index >= 15 is 0 Å². The fourth-order valence-corrected chi connectivity index (χ4v) is 3.52. The predicted molar refractivity (Wildman–Crippen MR) is 90.0 cm³/mol. The van der Waals surface area contributed by atoms with Crippen LogP contribution in [0.15, 0.2) is 34.0 Å². The van der Waals surface area contributed by atoms with E-state index in [-0.39, 0.29) is 0 Å². The van der Waals surface area contributed by atoms with Crippen molar-refractivity contribution in [3.8, 4) is 0 Å². The molecule has 0 fully saturated rings. The molecule has 20 heavy (non-hydrogen) atoms. The molecule has 0 aliphatic rings. The minimum atomic E-state index is 0.497. The van der Waals surface area contributed by atoms with Crippen LogP contribution in [0.1, 0.15) is 28.2 Å². The van der Waals surface area contributed by atoms with E-state index in [1.807, 2.05) is 7.05 Å². The van der Waals surface area contributed by atoms with Gasteiger partial charge < -0.3 is 10.6 Å². The van der Waals surface area contributed by atoms with E-state index in [2.05, 4.69) is 58.4 Å². The average molecular weight is 307 g/mol. The highest BCUT2D eigenvalue weighted by Crippen LogP contribution is 2.19. The fraction of sp³-hybridized carbons (Fsp3) is 0.400. The summed E-state index contributed by atoms with van der Waals surface area (Å²) in [6.45, 7) is 6.10. The third-order valence-electron chi connectivity index (χ3n) is 3.21. The van der Waals surface area contributed by atoms with E-state index in [1.165, 1.54) is 15.3 Å². The smallest absolute Gasteiger partial charge is 0.191 e. The molecule has 0 saturated heterocycles. The van der Waals surface area contributed by atoms with Gasteiger partial charge in [0.05, 0.1) is 6.54 Å². The summed E-state index contributed by atoms with van der Waals surface area (Å²) in [4.78, 5) is 7.04. The summed E-state index contributed by atoms with van der Waals surface area (Å²) >= 11 is 3.59.